The van der Waals surface area contributed by atoms with Crippen LogP contribution in [0.2, 0.25) is 0 Å². The number of hydrogen-bond donors (Lipinski definition) is 2. The molecule has 8 heteroatoms. The Kier molecular flexibility index (Phi) is 6.81. The summed E-state index contributed by atoms with van der Waals surface area (Å²) in [4.78, 5) is 24.5. The van der Waals surface area contributed by atoms with Gasteiger partial charge in [-0.25, -0.2) is 0 Å². The fourth-order valence-electron chi connectivity index (χ4n) is 3.29. The van der Waals surface area contributed by atoms with Gasteiger partial charge in [0, 0.05) is 30.5 Å². The topological polar surface area (TPSA) is 103 Å². The van der Waals surface area contributed by atoms with Crippen molar-refractivity contribution in [2.45, 2.75) is 32.5 Å². The largest absolute Gasteiger partial charge is 0.486 e. The molecule has 2 N–H and O–H groups in total. The number of anilines is 1. The summed E-state index contributed by atoms with van der Waals surface area (Å²) in [5.41, 5.74) is 2.56. The van der Waals surface area contributed by atoms with E-state index in [4.69, 9.17) is 14.0 Å². The normalized spacial score (nSPS) is 15.3. The number of rotatable bonds is 8. The number of carbonyl (C=O) groups excluding carboxylic acids is 2. The van der Waals surface area contributed by atoms with Crippen molar-refractivity contribution in [1.29, 1.82) is 0 Å². The molecular formula is C24H25N3O5. The number of nitrogens with one attached hydrogen (secondary N) is 2. The van der Waals surface area contributed by atoms with Crippen LogP contribution in [0.4, 0.5) is 5.69 Å². The summed E-state index contributed by atoms with van der Waals surface area (Å²) in [6.07, 6.45) is 2.04. The summed E-state index contributed by atoms with van der Waals surface area (Å²) in [7, 11) is 0. The van der Waals surface area contributed by atoms with E-state index in [-0.39, 0.29) is 30.2 Å². The molecule has 166 valence electrons. The maximum absolute atomic E-state index is 12.3. The minimum Gasteiger partial charge on any atom is -0.486 e. The SMILES string of the molecule is Cc1ccc(C(=O)Nc2ccc(OCc3cc(C(=O)NC[C@@H]4CCCO4)no3)cc2)cc1. The van der Waals surface area contributed by atoms with Crippen LogP contribution in [0, 0.1) is 6.92 Å². The van der Waals surface area contributed by atoms with E-state index in [1.807, 2.05) is 19.1 Å². The van der Waals surface area contributed by atoms with Crippen LogP contribution < -0.4 is 15.4 Å². The van der Waals surface area contributed by atoms with Crippen molar-refractivity contribution in [3.05, 3.63) is 77.2 Å². The summed E-state index contributed by atoms with van der Waals surface area (Å²) in [5.74, 6) is 0.554. The van der Waals surface area contributed by atoms with Gasteiger partial charge in [-0.3, -0.25) is 9.59 Å². The lowest BCUT2D eigenvalue weighted by atomic mass is 10.1. The maximum atomic E-state index is 12.3. The van der Waals surface area contributed by atoms with Crippen LogP contribution >= 0.6 is 0 Å². The van der Waals surface area contributed by atoms with E-state index in [1.54, 1.807) is 42.5 Å². The first-order valence-electron chi connectivity index (χ1n) is 10.5. The minimum atomic E-state index is -0.302. The first kappa shape index (κ1) is 21.6. The summed E-state index contributed by atoms with van der Waals surface area (Å²) in [5, 5.41) is 9.45. The van der Waals surface area contributed by atoms with Gasteiger partial charge in [-0.15, -0.1) is 0 Å². The summed E-state index contributed by atoms with van der Waals surface area (Å²) < 4.78 is 16.4. The van der Waals surface area contributed by atoms with Gasteiger partial charge in [-0.2, -0.15) is 0 Å². The van der Waals surface area contributed by atoms with Crippen molar-refractivity contribution in [2.75, 3.05) is 18.5 Å². The zero-order chi connectivity index (χ0) is 22.3. The average molecular weight is 435 g/mol. The van der Waals surface area contributed by atoms with Crippen molar-refractivity contribution in [1.82, 2.24) is 10.5 Å². The van der Waals surface area contributed by atoms with Gasteiger partial charge in [-0.05, 0) is 56.2 Å². The monoisotopic (exact) mass is 435 g/mol. The predicted molar refractivity (Wildman–Crippen MR) is 118 cm³/mol. The van der Waals surface area contributed by atoms with E-state index in [1.165, 1.54) is 0 Å². The molecule has 1 aliphatic rings. The number of nitrogens with zero attached hydrogens (tertiary/aromatic N) is 1. The standard InChI is InChI=1S/C24H25N3O5/c1-16-4-6-17(7-5-16)23(28)26-18-8-10-19(11-9-18)31-15-21-13-22(27-32-21)24(29)25-14-20-3-2-12-30-20/h4-11,13,20H,2-3,12,14-15H2,1H3,(H,25,29)(H,26,28)/t20-/m0/s1. The van der Waals surface area contributed by atoms with Crippen LogP contribution in [-0.2, 0) is 11.3 Å². The molecule has 0 aliphatic carbocycles. The number of aryl methyl sites for hydroxylation is 1. The van der Waals surface area contributed by atoms with Crippen LogP contribution in [0.3, 0.4) is 0 Å². The number of ether oxygens (including phenoxy) is 2. The number of benzene rings is 2. The molecule has 1 aromatic heterocycles. The fraction of sp³-hybridized carbons (Fsp3) is 0.292. The molecule has 0 spiro atoms. The van der Waals surface area contributed by atoms with Crippen molar-refractivity contribution in [2.24, 2.45) is 0 Å². The zero-order valence-corrected chi connectivity index (χ0v) is 17.8. The second-order valence-electron chi connectivity index (χ2n) is 7.66. The minimum absolute atomic E-state index is 0.0679. The van der Waals surface area contributed by atoms with Crippen molar-refractivity contribution < 1.29 is 23.6 Å². The molecule has 0 saturated carbocycles. The number of carbonyl (C=O) groups is 2. The highest BCUT2D eigenvalue weighted by molar-refractivity contribution is 6.04. The first-order valence-corrected chi connectivity index (χ1v) is 10.5. The van der Waals surface area contributed by atoms with Gasteiger partial charge < -0.3 is 24.6 Å². The average Bonchev–Trinajstić information content (AvgIpc) is 3.50. The highest BCUT2D eigenvalue weighted by Crippen LogP contribution is 2.18. The highest BCUT2D eigenvalue weighted by atomic mass is 16.5. The lowest BCUT2D eigenvalue weighted by molar-refractivity contribution is 0.0850. The summed E-state index contributed by atoms with van der Waals surface area (Å²) in [6, 6.07) is 15.9. The number of amides is 2. The van der Waals surface area contributed by atoms with Gasteiger partial charge in [0.15, 0.2) is 11.5 Å². The summed E-state index contributed by atoms with van der Waals surface area (Å²) >= 11 is 0. The van der Waals surface area contributed by atoms with Gasteiger partial charge in [0.1, 0.15) is 12.4 Å². The molecule has 1 saturated heterocycles. The van der Waals surface area contributed by atoms with E-state index >= 15 is 0 Å². The Hall–Kier alpha value is -3.65. The van der Waals surface area contributed by atoms with Crippen molar-refractivity contribution >= 4 is 17.5 Å². The summed E-state index contributed by atoms with van der Waals surface area (Å²) in [6.45, 7) is 3.30. The van der Waals surface area contributed by atoms with Gasteiger partial charge in [0.05, 0.1) is 6.10 Å². The van der Waals surface area contributed by atoms with Gasteiger partial charge in [-0.1, -0.05) is 22.9 Å². The lowest BCUT2D eigenvalue weighted by Crippen LogP contribution is -2.31. The molecule has 0 bridgehead atoms. The van der Waals surface area contributed by atoms with Crippen LogP contribution in [0.15, 0.2) is 59.1 Å². The molecule has 2 amide bonds. The molecule has 1 fully saturated rings. The Labute approximate surface area is 185 Å². The Bertz CT molecular complexity index is 1050. The second kappa shape index (κ2) is 10.1. The Morgan fingerprint density at radius 3 is 2.59 bits per heavy atom. The molecule has 32 heavy (non-hydrogen) atoms. The van der Waals surface area contributed by atoms with Gasteiger partial charge in [0.2, 0.25) is 0 Å². The van der Waals surface area contributed by atoms with E-state index in [0.29, 0.717) is 29.3 Å². The van der Waals surface area contributed by atoms with Crippen LogP contribution in [0.25, 0.3) is 0 Å². The number of aromatic nitrogens is 1. The third-order valence-corrected chi connectivity index (χ3v) is 5.11. The molecule has 1 atom stereocenters. The molecule has 8 nitrogen and oxygen atoms in total. The Balaban J connectivity index is 1.25. The third kappa shape index (κ3) is 5.73. The molecule has 0 unspecified atom stereocenters. The predicted octanol–water partition coefficient (Wildman–Crippen LogP) is 3.72. The van der Waals surface area contributed by atoms with E-state index in [0.717, 1.165) is 25.0 Å². The van der Waals surface area contributed by atoms with E-state index < -0.39 is 0 Å². The van der Waals surface area contributed by atoms with Crippen LogP contribution in [-0.4, -0.2) is 36.2 Å². The van der Waals surface area contributed by atoms with Crippen molar-refractivity contribution in [3.63, 3.8) is 0 Å². The second-order valence-corrected chi connectivity index (χ2v) is 7.66. The Morgan fingerprint density at radius 2 is 1.88 bits per heavy atom. The Morgan fingerprint density at radius 1 is 1.09 bits per heavy atom. The lowest BCUT2D eigenvalue weighted by Gasteiger charge is -2.09. The van der Waals surface area contributed by atoms with Gasteiger partial charge >= 0.3 is 0 Å². The molecule has 1 aliphatic heterocycles. The number of hydrogen-bond acceptors (Lipinski definition) is 6. The fourth-order valence-corrected chi connectivity index (χ4v) is 3.29. The molecule has 2 heterocycles. The first-order chi connectivity index (χ1) is 15.6. The zero-order valence-electron chi connectivity index (χ0n) is 17.8. The molecule has 3 aromatic rings. The van der Waals surface area contributed by atoms with Crippen molar-refractivity contribution in [3.8, 4) is 5.75 Å². The third-order valence-electron chi connectivity index (χ3n) is 5.11. The van der Waals surface area contributed by atoms with Gasteiger partial charge in [0.25, 0.3) is 11.8 Å². The molecule has 2 aromatic carbocycles. The maximum Gasteiger partial charge on any atom is 0.273 e. The molecular weight excluding hydrogens is 410 g/mol. The van der Waals surface area contributed by atoms with E-state index in [9.17, 15) is 9.59 Å². The van der Waals surface area contributed by atoms with Crippen LogP contribution in [0.5, 0.6) is 5.75 Å². The highest BCUT2D eigenvalue weighted by Gasteiger charge is 2.18. The smallest absolute Gasteiger partial charge is 0.273 e. The molecule has 4 rings (SSSR count). The van der Waals surface area contributed by atoms with Crippen LogP contribution in [0.1, 0.15) is 45.0 Å². The quantitative estimate of drug-likeness (QED) is 0.559. The molecule has 0 radical (unpaired) electrons. The van der Waals surface area contributed by atoms with E-state index in [2.05, 4.69) is 15.8 Å².